The van der Waals surface area contributed by atoms with E-state index in [0.717, 1.165) is 16.9 Å². The van der Waals surface area contributed by atoms with Crippen molar-refractivity contribution < 1.29 is 22.8 Å². The number of rotatable bonds is 4. The molecule has 3 rings (SSSR count). The number of para-hydroxylation sites is 1. The van der Waals surface area contributed by atoms with Crippen LogP contribution in [0.1, 0.15) is 26.4 Å². The van der Waals surface area contributed by atoms with Crippen molar-refractivity contribution in [3.05, 3.63) is 70.5 Å². The number of hydrogen-bond donors (Lipinski definition) is 2. The first kappa shape index (κ1) is 19.4. The second-order valence-electron chi connectivity index (χ2n) is 5.58. The van der Waals surface area contributed by atoms with Gasteiger partial charge in [-0.25, -0.2) is 4.68 Å². The van der Waals surface area contributed by atoms with E-state index in [9.17, 15) is 22.8 Å². The van der Waals surface area contributed by atoms with Crippen molar-refractivity contribution in [3.8, 4) is 5.69 Å². The molecule has 1 aromatic heterocycles. The fraction of sp³-hybridized carbons (Fsp3) is 0.0588. The van der Waals surface area contributed by atoms with Crippen LogP contribution in [0.3, 0.4) is 0 Å². The second kappa shape index (κ2) is 7.31. The molecule has 0 aliphatic carbocycles. The molecule has 3 N–H and O–H groups in total. The molecule has 0 aliphatic rings. The Balaban J connectivity index is 1.87. The predicted molar refractivity (Wildman–Crippen MR) is 94.3 cm³/mol. The van der Waals surface area contributed by atoms with Crippen LogP contribution in [0.25, 0.3) is 5.69 Å². The monoisotopic (exact) mass is 409 g/mol. The van der Waals surface area contributed by atoms with Gasteiger partial charge < -0.3 is 11.1 Å². The number of alkyl halides is 3. The molecule has 1 heterocycles. The van der Waals surface area contributed by atoms with Crippen LogP contribution in [0, 0.1) is 0 Å². The zero-order chi connectivity index (χ0) is 20.5. The third-order valence-electron chi connectivity index (χ3n) is 3.67. The maximum Gasteiger partial charge on any atom is 0.418 e. The van der Waals surface area contributed by atoms with E-state index in [4.69, 9.17) is 17.3 Å². The molecule has 0 bridgehead atoms. The molecule has 0 aliphatic heterocycles. The zero-order valence-electron chi connectivity index (χ0n) is 13.9. The number of carbonyl (C=O) groups excluding carboxylic acids is 2. The van der Waals surface area contributed by atoms with E-state index in [1.807, 2.05) is 0 Å². The molecular weight excluding hydrogens is 399 g/mol. The number of carbonyl (C=O) groups is 2. The summed E-state index contributed by atoms with van der Waals surface area (Å²) >= 11 is 5.84. The number of primary amides is 1. The molecule has 2 amide bonds. The summed E-state index contributed by atoms with van der Waals surface area (Å²) in [7, 11) is 0. The first-order chi connectivity index (χ1) is 13.2. The van der Waals surface area contributed by atoms with Gasteiger partial charge in [0.1, 0.15) is 0 Å². The molecule has 0 spiro atoms. The third kappa shape index (κ3) is 3.96. The van der Waals surface area contributed by atoms with Crippen molar-refractivity contribution in [2.24, 2.45) is 5.73 Å². The standard InChI is InChI=1S/C17H11ClF3N5O2/c18-12-6-5-9(7-10(12)15(22)27)23-16(28)13-8-26(25-24-13)14-4-2-1-3-11(14)17(19,20)21/h1-8H,(H2,22,27)(H,23,28). The number of anilines is 1. The molecule has 0 fully saturated rings. The summed E-state index contributed by atoms with van der Waals surface area (Å²) in [6.07, 6.45) is -3.54. The van der Waals surface area contributed by atoms with Crippen LogP contribution in [0.4, 0.5) is 18.9 Å². The normalized spacial score (nSPS) is 11.3. The minimum atomic E-state index is -4.60. The van der Waals surface area contributed by atoms with Crippen molar-refractivity contribution in [1.82, 2.24) is 15.0 Å². The smallest absolute Gasteiger partial charge is 0.366 e. The van der Waals surface area contributed by atoms with Crippen molar-refractivity contribution in [2.45, 2.75) is 6.18 Å². The molecule has 0 saturated heterocycles. The highest BCUT2D eigenvalue weighted by molar-refractivity contribution is 6.34. The number of nitrogens with one attached hydrogen (secondary N) is 1. The summed E-state index contributed by atoms with van der Waals surface area (Å²) in [5, 5.41) is 9.75. The molecule has 2 aromatic carbocycles. The Kier molecular flexibility index (Phi) is 5.06. The summed E-state index contributed by atoms with van der Waals surface area (Å²) in [6.45, 7) is 0. The van der Waals surface area contributed by atoms with Gasteiger partial charge in [-0.15, -0.1) is 5.10 Å². The van der Waals surface area contributed by atoms with E-state index in [1.165, 1.54) is 36.4 Å². The van der Waals surface area contributed by atoms with Crippen LogP contribution in [-0.2, 0) is 6.18 Å². The maximum atomic E-state index is 13.1. The number of amides is 2. The van der Waals surface area contributed by atoms with Gasteiger partial charge in [-0.1, -0.05) is 28.9 Å². The van der Waals surface area contributed by atoms with Crippen LogP contribution >= 0.6 is 11.6 Å². The van der Waals surface area contributed by atoms with Crippen LogP contribution in [0.5, 0.6) is 0 Å². The van der Waals surface area contributed by atoms with Crippen molar-refractivity contribution >= 4 is 29.1 Å². The molecule has 0 saturated carbocycles. The van der Waals surface area contributed by atoms with Gasteiger partial charge in [0.15, 0.2) is 5.69 Å². The Bertz CT molecular complexity index is 1060. The molecule has 144 valence electrons. The molecule has 28 heavy (non-hydrogen) atoms. The van der Waals surface area contributed by atoms with Crippen molar-refractivity contribution in [1.29, 1.82) is 0 Å². The number of aromatic nitrogens is 3. The highest BCUT2D eigenvalue weighted by Gasteiger charge is 2.34. The lowest BCUT2D eigenvalue weighted by molar-refractivity contribution is -0.137. The lowest BCUT2D eigenvalue weighted by atomic mass is 10.1. The first-order valence-electron chi connectivity index (χ1n) is 7.66. The Morgan fingerprint density at radius 1 is 1.14 bits per heavy atom. The average Bonchev–Trinajstić information content (AvgIpc) is 3.12. The quantitative estimate of drug-likeness (QED) is 0.690. The van der Waals surface area contributed by atoms with E-state index < -0.39 is 23.6 Å². The summed E-state index contributed by atoms with van der Waals surface area (Å²) in [4.78, 5) is 23.6. The van der Waals surface area contributed by atoms with Gasteiger partial charge in [-0.3, -0.25) is 9.59 Å². The van der Waals surface area contributed by atoms with Crippen molar-refractivity contribution in [2.75, 3.05) is 5.32 Å². The third-order valence-corrected chi connectivity index (χ3v) is 4.00. The Morgan fingerprint density at radius 2 is 1.86 bits per heavy atom. The van der Waals surface area contributed by atoms with Crippen LogP contribution < -0.4 is 11.1 Å². The predicted octanol–water partition coefficient (Wildman–Crippen LogP) is 3.29. The minimum absolute atomic E-state index is 0.00206. The summed E-state index contributed by atoms with van der Waals surface area (Å²) < 4.78 is 40.3. The maximum absolute atomic E-state index is 13.1. The number of halogens is 4. The molecular formula is C17H11ClF3N5O2. The number of nitrogens with zero attached hydrogens (tertiary/aromatic N) is 3. The van der Waals surface area contributed by atoms with E-state index in [2.05, 4.69) is 15.6 Å². The van der Waals surface area contributed by atoms with Gasteiger partial charge in [0, 0.05) is 5.69 Å². The lowest BCUT2D eigenvalue weighted by Gasteiger charge is -2.11. The summed E-state index contributed by atoms with van der Waals surface area (Å²) in [5.41, 5.74) is 3.97. The molecule has 0 radical (unpaired) electrons. The second-order valence-corrected chi connectivity index (χ2v) is 5.98. The fourth-order valence-electron chi connectivity index (χ4n) is 2.39. The van der Waals surface area contributed by atoms with Gasteiger partial charge in [0.2, 0.25) is 5.91 Å². The van der Waals surface area contributed by atoms with Gasteiger partial charge in [0.05, 0.1) is 28.0 Å². The fourth-order valence-corrected chi connectivity index (χ4v) is 2.60. The first-order valence-corrected chi connectivity index (χ1v) is 8.04. The topological polar surface area (TPSA) is 103 Å². The Labute approximate surface area is 160 Å². The highest BCUT2D eigenvalue weighted by Crippen LogP contribution is 2.33. The minimum Gasteiger partial charge on any atom is -0.366 e. The number of benzene rings is 2. The van der Waals surface area contributed by atoms with Crippen LogP contribution in [0.2, 0.25) is 5.02 Å². The zero-order valence-corrected chi connectivity index (χ0v) is 14.6. The van der Waals surface area contributed by atoms with E-state index in [0.29, 0.717) is 0 Å². The summed E-state index contributed by atoms with van der Waals surface area (Å²) in [5.74, 6) is -1.52. The van der Waals surface area contributed by atoms with E-state index >= 15 is 0 Å². The molecule has 3 aromatic rings. The highest BCUT2D eigenvalue weighted by atomic mass is 35.5. The molecule has 11 heteroatoms. The number of nitrogens with two attached hydrogens (primary N) is 1. The Hall–Kier alpha value is -3.40. The van der Waals surface area contributed by atoms with Gasteiger partial charge in [-0.05, 0) is 30.3 Å². The van der Waals surface area contributed by atoms with Crippen LogP contribution in [-0.4, -0.2) is 26.8 Å². The molecule has 7 nitrogen and oxygen atoms in total. The van der Waals surface area contributed by atoms with Gasteiger partial charge >= 0.3 is 6.18 Å². The Morgan fingerprint density at radius 3 is 2.54 bits per heavy atom. The average molecular weight is 410 g/mol. The van der Waals surface area contributed by atoms with E-state index in [-0.39, 0.29) is 27.7 Å². The van der Waals surface area contributed by atoms with Gasteiger partial charge in [-0.2, -0.15) is 13.2 Å². The molecule has 0 unspecified atom stereocenters. The largest absolute Gasteiger partial charge is 0.418 e. The summed E-state index contributed by atoms with van der Waals surface area (Å²) in [6, 6.07) is 8.82. The van der Waals surface area contributed by atoms with E-state index in [1.54, 1.807) is 0 Å². The lowest BCUT2D eigenvalue weighted by Crippen LogP contribution is -2.15. The number of hydrogen-bond acceptors (Lipinski definition) is 4. The van der Waals surface area contributed by atoms with Crippen LogP contribution in [0.15, 0.2) is 48.7 Å². The van der Waals surface area contributed by atoms with Gasteiger partial charge in [0.25, 0.3) is 5.91 Å². The van der Waals surface area contributed by atoms with Crippen molar-refractivity contribution in [3.63, 3.8) is 0 Å². The molecule has 0 atom stereocenters. The SMILES string of the molecule is NC(=O)c1cc(NC(=O)c2cn(-c3ccccc3C(F)(F)F)nn2)ccc1Cl.